The first kappa shape index (κ1) is 13.6. The Hall–Kier alpha value is -1.82. The number of nitrogens with zero attached hydrogens (tertiary/aromatic N) is 2. The number of hydrogen-bond acceptors (Lipinski definition) is 4. The SMILES string of the molecule is CC(=O)NC1CCN(CCn2cc(N)ccc2=O)C1. The normalized spacial score (nSPS) is 19.5. The molecule has 1 unspecified atom stereocenters. The summed E-state index contributed by atoms with van der Waals surface area (Å²) in [4.78, 5) is 24.8. The number of nitrogens with two attached hydrogens (primary N) is 1. The molecule has 1 aliphatic heterocycles. The van der Waals surface area contributed by atoms with Gasteiger partial charge in [-0.25, -0.2) is 0 Å². The van der Waals surface area contributed by atoms with Gasteiger partial charge in [0.25, 0.3) is 5.56 Å². The van der Waals surface area contributed by atoms with Crippen LogP contribution in [0.5, 0.6) is 0 Å². The smallest absolute Gasteiger partial charge is 0.250 e. The molecule has 6 nitrogen and oxygen atoms in total. The van der Waals surface area contributed by atoms with E-state index in [-0.39, 0.29) is 17.5 Å². The molecule has 19 heavy (non-hydrogen) atoms. The van der Waals surface area contributed by atoms with Crippen molar-refractivity contribution < 1.29 is 4.79 Å². The van der Waals surface area contributed by atoms with Gasteiger partial charge in [-0.3, -0.25) is 14.5 Å². The van der Waals surface area contributed by atoms with E-state index in [9.17, 15) is 9.59 Å². The van der Waals surface area contributed by atoms with Crippen LogP contribution in [0.4, 0.5) is 5.69 Å². The van der Waals surface area contributed by atoms with E-state index in [1.165, 1.54) is 13.0 Å². The maximum atomic E-state index is 11.6. The molecule has 1 atom stereocenters. The molecule has 2 rings (SSSR count). The summed E-state index contributed by atoms with van der Waals surface area (Å²) < 4.78 is 1.63. The number of rotatable bonds is 4. The predicted molar refractivity (Wildman–Crippen MR) is 73.8 cm³/mol. The van der Waals surface area contributed by atoms with E-state index in [1.54, 1.807) is 16.8 Å². The van der Waals surface area contributed by atoms with Crippen molar-refractivity contribution in [1.29, 1.82) is 0 Å². The third-order valence-corrected chi connectivity index (χ3v) is 3.34. The zero-order chi connectivity index (χ0) is 13.8. The molecule has 2 heterocycles. The van der Waals surface area contributed by atoms with Gasteiger partial charge in [0.1, 0.15) is 0 Å². The molecular weight excluding hydrogens is 244 g/mol. The minimum absolute atomic E-state index is 0.0129. The summed E-state index contributed by atoms with van der Waals surface area (Å²) in [5.74, 6) is 0.0129. The Bertz CT molecular complexity index is 512. The van der Waals surface area contributed by atoms with Gasteiger partial charge in [-0.2, -0.15) is 0 Å². The molecule has 1 amide bonds. The molecule has 1 aromatic rings. The number of carbonyl (C=O) groups is 1. The molecule has 1 fully saturated rings. The molecule has 104 valence electrons. The Morgan fingerprint density at radius 2 is 2.26 bits per heavy atom. The van der Waals surface area contributed by atoms with Crippen molar-refractivity contribution in [2.75, 3.05) is 25.4 Å². The minimum atomic E-state index is -0.0354. The van der Waals surface area contributed by atoms with Crippen molar-refractivity contribution in [2.45, 2.75) is 25.9 Å². The third-order valence-electron chi connectivity index (χ3n) is 3.34. The Kier molecular flexibility index (Phi) is 4.21. The van der Waals surface area contributed by atoms with E-state index >= 15 is 0 Å². The van der Waals surface area contributed by atoms with Crippen LogP contribution in [0.1, 0.15) is 13.3 Å². The number of nitrogens with one attached hydrogen (secondary N) is 1. The first-order valence-corrected chi connectivity index (χ1v) is 6.50. The minimum Gasteiger partial charge on any atom is -0.398 e. The predicted octanol–water partition coefficient (Wildman–Crippen LogP) is -0.359. The second kappa shape index (κ2) is 5.88. The molecule has 0 saturated carbocycles. The van der Waals surface area contributed by atoms with Crippen molar-refractivity contribution in [1.82, 2.24) is 14.8 Å². The molecule has 3 N–H and O–H groups in total. The van der Waals surface area contributed by atoms with Crippen LogP contribution in [-0.4, -0.2) is 41.1 Å². The zero-order valence-electron chi connectivity index (χ0n) is 11.1. The van der Waals surface area contributed by atoms with Gasteiger partial charge >= 0.3 is 0 Å². The molecular formula is C13H20N4O2. The Balaban J connectivity index is 1.85. The van der Waals surface area contributed by atoms with E-state index in [0.717, 1.165) is 26.1 Å². The van der Waals surface area contributed by atoms with Gasteiger partial charge < -0.3 is 15.6 Å². The second-order valence-electron chi connectivity index (χ2n) is 4.98. The topological polar surface area (TPSA) is 80.4 Å². The monoisotopic (exact) mass is 264 g/mol. The lowest BCUT2D eigenvalue weighted by atomic mass is 10.3. The van der Waals surface area contributed by atoms with Crippen molar-refractivity contribution >= 4 is 11.6 Å². The van der Waals surface area contributed by atoms with Gasteiger partial charge in [0.2, 0.25) is 5.91 Å². The number of carbonyl (C=O) groups excluding carboxylic acids is 1. The van der Waals surface area contributed by atoms with E-state index in [1.807, 2.05) is 0 Å². The van der Waals surface area contributed by atoms with Crippen molar-refractivity contribution in [3.05, 3.63) is 28.7 Å². The molecule has 1 saturated heterocycles. The number of pyridine rings is 1. The molecule has 0 aliphatic carbocycles. The maximum Gasteiger partial charge on any atom is 0.250 e. The number of aromatic nitrogens is 1. The highest BCUT2D eigenvalue weighted by molar-refractivity contribution is 5.73. The summed E-state index contributed by atoms with van der Waals surface area (Å²) in [6.07, 6.45) is 2.63. The molecule has 0 bridgehead atoms. The van der Waals surface area contributed by atoms with E-state index in [0.29, 0.717) is 12.2 Å². The van der Waals surface area contributed by atoms with Crippen molar-refractivity contribution in [2.24, 2.45) is 0 Å². The fourth-order valence-electron chi connectivity index (χ4n) is 2.41. The summed E-state index contributed by atoms with van der Waals surface area (Å²) in [5.41, 5.74) is 6.23. The highest BCUT2D eigenvalue weighted by atomic mass is 16.1. The number of nitrogen functional groups attached to an aromatic ring is 1. The number of anilines is 1. The standard InChI is InChI=1S/C13H20N4O2/c1-10(18)15-12-4-5-16(9-12)6-7-17-8-11(14)2-3-13(17)19/h2-3,8,12H,4-7,9,14H2,1H3,(H,15,18). The van der Waals surface area contributed by atoms with Gasteiger partial charge in [0.05, 0.1) is 0 Å². The van der Waals surface area contributed by atoms with Gasteiger partial charge in [-0.15, -0.1) is 0 Å². The summed E-state index contributed by atoms with van der Waals surface area (Å²) in [6.45, 7) is 4.74. The van der Waals surface area contributed by atoms with Crippen LogP contribution in [0.15, 0.2) is 23.1 Å². The van der Waals surface area contributed by atoms with Gasteiger partial charge in [0, 0.05) is 57.1 Å². The maximum absolute atomic E-state index is 11.6. The Morgan fingerprint density at radius 3 is 3.00 bits per heavy atom. The van der Waals surface area contributed by atoms with Gasteiger partial charge in [0.15, 0.2) is 0 Å². The zero-order valence-corrected chi connectivity index (χ0v) is 11.1. The Labute approximate surface area is 112 Å². The fraction of sp³-hybridized carbons (Fsp3) is 0.538. The average molecular weight is 264 g/mol. The first-order valence-electron chi connectivity index (χ1n) is 6.50. The molecule has 6 heteroatoms. The number of likely N-dealkylation sites (tertiary alicyclic amines) is 1. The van der Waals surface area contributed by atoms with Gasteiger partial charge in [-0.1, -0.05) is 0 Å². The molecule has 0 spiro atoms. The third kappa shape index (κ3) is 3.82. The lowest BCUT2D eigenvalue weighted by Gasteiger charge is -2.17. The summed E-state index contributed by atoms with van der Waals surface area (Å²) in [5, 5.41) is 2.92. The highest BCUT2D eigenvalue weighted by Crippen LogP contribution is 2.09. The quantitative estimate of drug-likeness (QED) is 0.778. The van der Waals surface area contributed by atoms with Crippen LogP contribution in [-0.2, 0) is 11.3 Å². The van der Waals surface area contributed by atoms with Crippen LogP contribution in [0.2, 0.25) is 0 Å². The van der Waals surface area contributed by atoms with E-state index in [4.69, 9.17) is 5.73 Å². The fourth-order valence-corrected chi connectivity index (χ4v) is 2.41. The van der Waals surface area contributed by atoms with Gasteiger partial charge in [-0.05, 0) is 12.5 Å². The summed E-state index contributed by atoms with van der Waals surface area (Å²) >= 11 is 0. The summed E-state index contributed by atoms with van der Waals surface area (Å²) in [6, 6.07) is 3.33. The largest absolute Gasteiger partial charge is 0.398 e. The lowest BCUT2D eigenvalue weighted by Crippen LogP contribution is -2.36. The number of hydrogen-bond donors (Lipinski definition) is 2. The Morgan fingerprint density at radius 1 is 1.47 bits per heavy atom. The van der Waals surface area contributed by atoms with Crippen LogP contribution < -0.4 is 16.6 Å². The molecule has 1 aliphatic rings. The number of amides is 1. The van der Waals surface area contributed by atoms with Crippen molar-refractivity contribution in [3.8, 4) is 0 Å². The first-order chi connectivity index (χ1) is 9.04. The summed E-state index contributed by atoms with van der Waals surface area (Å²) in [7, 11) is 0. The lowest BCUT2D eigenvalue weighted by molar-refractivity contribution is -0.119. The van der Waals surface area contributed by atoms with Crippen molar-refractivity contribution in [3.63, 3.8) is 0 Å². The molecule has 0 aromatic carbocycles. The van der Waals surface area contributed by atoms with Crippen LogP contribution in [0, 0.1) is 0 Å². The highest BCUT2D eigenvalue weighted by Gasteiger charge is 2.22. The van der Waals surface area contributed by atoms with E-state index in [2.05, 4.69) is 10.2 Å². The van der Waals surface area contributed by atoms with Crippen LogP contribution >= 0.6 is 0 Å². The molecule has 0 radical (unpaired) electrons. The average Bonchev–Trinajstić information content (AvgIpc) is 2.77. The molecule has 1 aromatic heterocycles. The second-order valence-corrected chi connectivity index (χ2v) is 4.98. The van der Waals surface area contributed by atoms with Crippen LogP contribution in [0.25, 0.3) is 0 Å². The van der Waals surface area contributed by atoms with Crippen LogP contribution in [0.3, 0.4) is 0 Å². The van der Waals surface area contributed by atoms with E-state index < -0.39 is 0 Å².